The van der Waals surface area contributed by atoms with Gasteiger partial charge in [0.15, 0.2) is 0 Å². The molecule has 0 unspecified atom stereocenters. The Morgan fingerprint density at radius 2 is 2.05 bits per heavy atom. The van der Waals surface area contributed by atoms with Crippen LogP contribution in [0.1, 0.15) is 17.0 Å². The maximum absolute atomic E-state index is 11.0. The van der Waals surface area contributed by atoms with Crippen molar-refractivity contribution in [1.29, 1.82) is 0 Å². The van der Waals surface area contributed by atoms with E-state index in [-0.39, 0.29) is 24.8 Å². The van der Waals surface area contributed by atoms with E-state index >= 15 is 0 Å². The molecule has 114 valence electrons. The van der Waals surface area contributed by atoms with Gasteiger partial charge in [-0.1, -0.05) is 30.3 Å². The first kappa shape index (κ1) is 17.5. The molecule has 0 fully saturated rings. The largest absolute Gasteiger partial charge is 0.480 e. The Morgan fingerprint density at radius 1 is 1.33 bits per heavy atom. The van der Waals surface area contributed by atoms with Crippen LogP contribution in [0.25, 0.3) is 0 Å². The summed E-state index contributed by atoms with van der Waals surface area (Å²) in [5.74, 6) is -0.816. The van der Waals surface area contributed by atoms with Gasteiger partial charge in [0.25, 0.3) is 0 Å². The number of fused-ring (bicyclic) bond motifs is 1. The highest BCUT2D eigenvalue weighted by Crippen LogP contribution is 2.17. The third kappa shape index (κ3) is 3.75. The van der Waals surface area contributed by atoms with Crippen LogP contribution in [0.5, 0.6) is 0 Å². The smallest absolute Gasteiger partial charge is 0.321 e. The van der Waals surface area contributed by atoms with Crippen LogP contribution in [0.2, 0.25) is 0 Å². The SMILES string of the molecule is Cl.Cl.O=C(O)[C@@H]1Cc2ncn(Cc3ccccc3)c2CN1. The maximum Gasteiger partial charge on any atom is 0.321 e. The molecule has 0 aliphatic carbocycles. The first-order chi connectivity index (χ1) is 9.24. The molecule has 0 saturated heterocycles. The zero-order valence-corrected chi connectivity index (χ0v) is 12.9. The highest BCUT2D eigenvalue weighted by Gasteiger charge is 2.26. The molecule has 1 aliphatic heterocycles. The minimum atomic E-state index is -0.816. The summed E-state index contributed by atoms with van der Waals surface area (Å²) in [7, 11) is 0. The summed E-state index contributed by atoms with van der Waals surface area (Å²) in [6, 6.07) is 9.64. The van der Waals surface area contributed by atoms with Gasteiger partial charge >= 0.3 is 5.97 Å². The van der Waals surface area contributed by atoms with E-state index in [4.69, 9.17) is 5.11 Å². The topological polar surface area (TPSA) is 67.1 Å². The Kier molecular flexibility index (Phi) is 6.20. The lowest BCUT2D eigenvalue weighted by Gasteiger charge is -2.21. The van der Waals surface area contributed by atoms with E-state index in [9.17, 15) is 4.79 Å². The number of carboxylic acid groups (broad SMARTS) is 1. The van der Waals surface area contributed by atoms with Crippen LogP contribution in [0.3, 0.4) is 0 Å². The Bertz CT molecular complexity index is 602. The van der Waals surface area contributed by atoms with E-state index in [1.165, 1.54) is 5.56 Å². The molecule has 3 rings (SSSR count). The van der Waals surface area contributed by atoms with Crippen LogP contribution in [-0.2, 0) is 24.3 Å². The lowest BCUT2D eigenvalue weighted by molar-refractivity contribution is -0.139. The van der Waals surface area contributed by atoms with Crippen molar-refractivity contribution in [2.24, 2.45) is 0 Å². The van der Waals surface area contributed by atoms with Gasteiger partial charge < -0.3 is 9.67 Å². The molecule has 1 aliphatic rings. The van der Waals surface area contributed by atoms with Crippen molar-refractivity contribution in [2.45, 2.75) is 25.6 Å². The van der Waals surface area contributed by atoms with E-state index < -0.39 is 12.0 Å². The summed E-state index contributed by atoms with van der Waals surface area (Å²) in [5, 5.41) is 12.0. The van der Waals surface area contributed by atoms with Gasteiger partial charge in [-0.2, -0.15) is 0 Å². The third-order valence-electron chi connectivity index (χ3n) is 3.44. The van der Waals surface area contributed by atoms with E-state index in [1.807, 2.05) is 18.2 Å². The molecule has 2 aromatic rings. The molecular weight excluding hydrogens is 313 g/mol. The van der Waals surface area contributed by atoms with Crippen LogP contribution in [0, 0.1) is 0 Å². The first-order valence-corrected chi connectivity index (χ1v) is 6.27. The highest BCUT2D eigenvalue weighted by molar-refractivity contribution is 5.85. The van der Waals surface area contributed by atoms with Crippen molar-refractivity contribution in [1.82, 2.24) is 14.9 Å². The van der Waals surface area contributed by atoms with Crippen molar-refractivity contribution in [2.75, 3.05) is 0 Å². The van der Waals surface area contributed by atoms with Gasteiger partial charge in [-0.05, 0) is 5.56 Å². The molecule has 1 aromatic heterocycles. The minimum absolute atomic E-state index is 0. The molecule has 1 aromatic carbocycles. The summed E-state index contributed by atoms with van der Waals surface area (Å²) >= 11 is 0. The van der Waals surface area contributed by atoms with E-state index in [1.54, 1.807) is 6.33 Å². The van der Waals surface area contributed by atoms with Gasteiger partial charge in [-0.15, -0.1) is 24.8 Å². The molecule has 21 heavy (non-hydrogen) atoms. The molecule has 0 saturated carbocycles. The zero-order valence-electron chi connectivity index (χ0n) is 11.2. The third-order valence-corrected chi connectivity index (χ3v) is 3.44. The number of halogens is 2. The van der Waals surface area contributed by atoms with Gasteiger partial charge in [0.05, 0.1) is 17.7 Å². The predicted molar refractivity (Wildman–Crippen MR) is 84.2 cm³/mol. The van der Waals surface area contributed by atoms with Gasteiger partial charge in [-0.25, -0.2) is 4.98 Å². The number of imidazole rings is 1. The van der Waals surface area contributed by atoms with E-state index in [0.29, 0.717) is 13.0 Å². The minimum Gasteiger partial charge on any atom is -0.480 e. The molecule has 0 spiro atoms. The van der Waals surface area contributed by atoms with Crippen LogP contribution < -0.4 is 5.32 Å². The Hall–Kier alpha value is -1.56. The molecule has 7 heteroatoms. The van der Waals surface area contributed by atoms with Gasteiger partial charge in [0.2, 0.25) is 0 Å². The van der Waals surface area contributed by atoms with Gasteiger partial charge in [-0.3, -0.25) is 10.1 Å². The maximum atomic E-state index is 11.0. The number of rotatable bonds is 3. The monoisotopic (exact) mass is 329 g/mol. The summed E-state index contributed by atoms with van der Waals surface area (Å²) in [6.07, 6.45) is 2.25. The van der Waals surface area contributed by atoms with Crippen molar-refractivity contribution in [3.8, 4) is 0 Å². The lowest BCUT2D eigenvalue weighted by Crippen LogP contribution is -2.42. The fourth-order valence-electron chi connectivity index (χ4n) is 2.40. The van der Waals surface area contributed by atoms with Crippen LogP contribution in [0.15, 0.2) is 36.7 Å². The molecule has 0 amide bonds. The number of hydrogen-bond donors (Lipinski definition) is 2. The average molecular weight is 330 g/mol. The fourth-order valence-corrected chi connectivity index (χ4v) is 2.40. The Balaban J connectivity index is 0.00000110. The number of carboxylic acids is 1. The number of hydrogen-bond acceptors (Lipinski definition) is 3. The van der Waals surface area contributed by atoms with Gasteiger partial charge in [0, 0.05) is 19.5 Å². The average Bonchev–Trinajstić information content (AvgIpc) is 2.82. The Labute approximate surface area is 135 Å². The standard InChI is InChI=1S/C14H15N3O2.2ClH/c18-14(19)12-6-11-13(7-15-12)17(9-16-11)8-10-4-2-1-3-5-10;;/h1-5,9,12,15H,6-8H2,(H,18,19);2*1H/t12-;;/m0../s1. The molecule has 2 N–H and O–H groups in total. The number of aliphatic carboxylic acids is 1. The highest BCUT2D eigenvalue weighted by atomic mass is 35.5. The van der Waals surface area contributed by atoms with E-state index in [2.05, 4.69) is 27.0 Å². The van der Waals surface area contributed by atoms with Crippen LogP contribution >= 0.6 is 24.8 Å². The fraction of sp³-hybridized carbons (Fsp3) is 0.286. The van der Waals surface area contributed by atoms with Gasteiger partial charge in [0.1, 0.15) is 6.04 Å². The van der Waals surface area contributed by atoms with Crippen molar-refractivity contribution < 1.29 is 9.90 Å². The second-order valence-corrected chi connectivity index (χ2v) is 4.73. The summed E-state index contributed by atoms with van der Waals surface area (Å²) in [4.78, 5) is 15.3. The van der Waals surface area contributed by atoms with Crippen LogP contribution in [0.4, 0.5) is 0 Å². The number of nitrogens with one attached hydrogen (secondary N) is 1. The molecule has 5 nitrogen and oxygen atoms in total. The quantitative estimate of drug-likeness (QED) is 0.902. The van der Waals surface area contributed by atoms with Crippen molar-refractivity contribution >= 4 is 30.8 Å². The van der Waals surface area contributed by atoms with Crippen molar-refractivity contribution in [3.63, 3.8) is 0 Å². The van der Waals surface area contributed by atoms with E-state index in [0.717, 1.165) is 17.9 Å². The summed E-state index contributed by atoms with van der Waals surface area (Å²) in [5.41, 5.74) is 3.19. The zero-order chi connectivity index (χ0) is 13.2. The molecule has 1 atom stereocenters. The van der Waals surface area contributed by atoms with Crippen LogP contribution in [-0.4, -0.2) is 26.7 Å². The molecular formula is C14H17Cl2N3O2. The Morgan fingerprint density at radius 3 is 2.71 bits per heavy atom. The van der Waals surface area contributed by atoms with Crippen molar-refractivity contribution in [3.05, 3.63) is 53.6 Å². The number of benzene rings is 1. The predicted octanol–water partition coefficient (Wildman–Crippen LogP) is 1.87. The summed E-state index contributed by atoms with van der Waals surface area (Å²) in [6.45, 7) is 1.32. The second kappa shape index (κ2) is 7.45. The number of nitrogens with zero attached hydrogens (tertiary/aromatic N) is 2. The second-order valence-electron chi connectivity index (χ2n) is 4.73. The first-order valence-electron chi connectivity index (χ1n) is 6.27. The number of aromatic nitrogens is 2. The number of carbonyl (C=O) groups is 1. The molecule has 0 bridgehead atoms. The molecule has 2 heterocycles. The summed E-state index contributed by atoms with van der Waals surface area (Å²) < 4.78 is 2.08. The lowest BCUT2D eigenvalue weighted by atomic mass is 10.1. The molecule has 0 radical (unpaired) electrons. The normalized spacial score (nSPS) is 16.3.